The van der Waals surface area contributed by atoms with Crippen molar-refractivity contribution in [3.63, 3.8) is 0 Å². The van der Waals surface area contributed by atoms with E-state index in [0.717, 1.165) is 6.26 Å². The molecule has 0 fully saturated rings. The maximum atomic E-state index is 11.0. The van der Waals surface area contributed by atoms with E-state index in [1.807, 2.05) is 0 Å². The Bertz CT molecular complexity index is 504. The largest absolute Gasteiger partial charge is 0.477 e. The zero-order valence-corrected chi connectivity index (χ0v) is 9.83. The van der Waals surface area contributed by atoms with Crippen LogP contribution in [0.5, 0.6) is 0 Å². The Morgan fingerprint density at radius 3 is 2.56 bits per heavy atom. The lowest BCUT2D eigenvalue weighted by molar-refractivity contribution is 0.0692. The highest BCUT2D eigenvalue weighted by Gasteiger charge is 2.25. The van der Waals surface area contributed by atoms with E-state index >= 15 is 0 Å². The summed E-state index contributed by atoms with van der Waals surface area (Å²) in [6, 6.07) is -0.776. The molecule has 90 valence electrons. The molecule has 0 aliphatic rings. The van der Waals surface area contributed by atoms with Gasteiger partial charge >= 0.3 is 5.97 Å². The van der Waals surface area contributed by atoms with Gasteiger partial charge in [0.25, 0.3) is 0 Å². The standard InChI is InChI=1S/C8H12N2O5S/c1-4-6(8(11)12)7(15-9-4)5(2)10-16(3,13)14/h5,10H,1-3H3,(H,11,12)/t5-/m1/s1. The first-order chi connectivity index (χ1) is 7.22. The van der Waals surface area contributed by atoms with Crippen LogP contribution >= 0.6 is 0 Å². The zero-order valence-electron chi connectivity index (χ0n) is 9.01. The first-order valence-corrected chi connectivity index (χ1v) is 6.28. The topological polar surface area (TPSA) is 110 Å². The van der Waals surface area contributed by atoms with Crippen LogP contribution in [0.3, 0.4) is 0 Å². The van der Waals surface area contributed by atoms with Crippen molar-refractivity contribution in [1.29, 1.82) is 0 Å². The van der Waals surface area contributed by atoms with Crippen LogP contribution in [0.15, 0.2) is 4.52 Å². The number of sulfonamides is 1. The molecular formula is C8H12N2O5S. The Balaban J connectivity index is 3.09. The molecule has 7 nitrogen and oxygen atoms in total. The summed E-state index contributed by atoms with van der Waals surface area (Å²) < 4.78 is 29.0. The van der Waals surface area contributed by atoms with Crippen LogP contribution in [0.25, 0.3) is 0 Å². The average Bonchev–Trinajstić information content (AvgIpc) is 2.43. The van der Waals surface area contributed by atoms with E-state index in [9.17, 15) is 13.2 Å². The van der Waals surface area contributed by atoms with Crippen molar-refractivity contribution in [1.82, 2.24) is 9.88 Å². The summed E-state index contributed by atoms with van der Waals surface area (Å²) in [4.78, 5) is 10.9. The molecule has 0 aliphatic carbocycles. The van der Waals surface area contributed by atoms with Gasteiger partial charge in [-0.2, -0.15) is 0 Å². The van der Waals surface area contributed by atoms with Crippen LogP contribution in [0.2, 0.25) is 0 Å². The second kappa shape index (κ2) is 4.22. The minimum absolute atomic E-state index is 0.00424. The Hall–Kier alpha value is -1.41. The van der Waals surface area contributed by atoms with Gasteiger partial charge in [0.15, 0.2) is 5.76 Å². The highest BCUT2D eigenvalue weighted by atomic mass is 32.2. The van der Waals surface area contributed by atoms with Gasteiger partial charge in [0, 0.05) is 0 Å². The van der Waals surface area contributed by atoms with Crippen LogP contribution in [-0.2, 0) is 10.0 Å². The van der Waals surface area contributed by atoms with E-state index in [-0.39, 0.29) is 17.0 Å². The van der Waals surface area contributed by atoms with Crippen LogP contribution in [0.4, 0.5) is 0 Å². The molecule has 1 rings (SSSR count). The molecule has 8 heteroatoms. The smallest absolute Gasteiger partial charge is 0.341 e. The van der Waals surface area contributed by atoms with Gasteiger partial charge in [0.1, 0.15) is 5.56 Å². The lowest BCUT2D eigenvalue weighted by atomic mass is 10.1. The van der Waals surface area contributed by atoms with Gasteiger partial charge in [-0.25, -0.2) is 17.9 Å². The van der Waals surface area contributed by atoms with Crippen LogP contribution in [0.1, 0.15) is 34.8 Å². The Kier molecular flexibility index (Phi) is 3.34. The summed E-state index contributed by atoms with van der Waals surface area (Å²) >= 11 is 0. The van der Waals surface area contributed by atoms with E-state index in [1.54, 1.807) is 0 Å². The highest BCUT2D eigenvalue weighted by molar-refractivity contribution is 7.88. The van der Waals surface area contributed by atoms with Crippen molar-refractivity contribution in [3.05, 3.63) is 17.0 Å². The van der Waals surface area contributed by atoms with Crippen LogP contribution in [0, 0.1) is 6.92 Å². The molecule has 0 aliphatic heterocycles. The molecule has 0 aromatic carbocycles. The van der Waals surface area contributed by atoms with Gasteiger partial charge in [0.2, 0.25) is 10.0 Å². The molecule has 1 heterocycles. The third-order valence-corrected chi connectivity index (χ3v) is 2.67. The minimum Gasteiger partial charge on any atom is -0.477 e. The number of hydrogen-bond acceptors (Lipinski definition) is 5. The summed E-state index contributed by atoms with van der Waals surface area (Å²) in [5, 5.41) is 12.4. The van der Waals surface area contributed by atoms with Crippen LogP contribution < -0.4 is 4.72 Å². The molecule has 0 saturated carbocycles. The van der Waals surface area contributed by atoms with Crippen molar-refractivity contribution in [2.24, 2.45) is 0 Å². The monoisotopic (exact) mass is 248 g/mol. The molecule has 1 atom stereocenters. The van der Waals surface area contributed by atoms with Gasteiger partial charge < -0.3 is 9.63 Å². The number of aromatic carboxylic acids is 1. The zero-order chi connectivity index (χ0) is 12.5. The van der Waals surface area contributed by atoms with Crippen molar-refractivity contribution in [2.45, 2.75) is 19.9 Å². The Morgan fingerprint density at radius 2 is 2.12 bits per heavy atom. The second-order valence-electron chi connectivity index (χ2n) is 3.42. The maximum Gasteiger partial charge on any atom is 0.341 e. The van der Waals surface area contributed by atoms with Gasteiger partial charge in [-0.15, -0.1) is 0 Å². The van der Waals surface area contributed by atoms with Gasteiger partial charge in [-0.05, 0) is 13.8 Å². The normalized spacial score (nSPS) is 13.7. The van der Waals surface area contributed by atoms with Crippen molar-refractivity contribution in [3.8, 4) is 0 Å². The number of rotatable bonds is 4. The summed E-state index contributed by atoms with van der Waals surface area (Å²) in [5.74, 6) is -1.20. The number of carbonyl (C=O) groups is 1. The number of aryl methyl sites for hydroxylation is 1. The Morgan fingerprint density at radius 1 is 1.56 bits per heavy atom. The van der Waals surface area contributed by atoms with Crippen molar-refractivity contribution < 1.29 is 22.8 Å². The van der Waals surface area contributed by atoms with Gasteiger partial charge in [-0.1, -0.05) is 5.16 Å². The van der Waals surface area contributed by atoms with Crippen molar-refractivity contribution in [2.75, 3.05) is 6.26 Å². The first-order valence-electron chi connectivity index (χ1n) is 4.39. The fraction of sp³-hybridized carbons (Fsp3) is 0.500. The maximum absolute atomic E-state index is 11.0. The number of carboxylic acids is 1. The minimum atomic E-state index is -3.44. The van der Waals surface area contributed by atoms with Crippen LogP contribution in [-0.4, -0.2) is 30.9 Å². The Labute approximate surface area is 92.5 Å². The van der Waals surface area contributed by atoms with E-state index in [1.165, 1.54) is 13.8 Å². The molecular weight excluding hydrogens is 236 g/mol. The fourth-order valence-corrected chi connectivity index (χ4v) is 2.07. The lowest BCUT2D eigenvalue weighted by Crippen LogP contribution is -2.26. The summed E-state index contributed by atoms with van der Waals surface area (Å²) in [7, 11) is -3.44. The molecule has 0 unspecified atom stereocenters. The molecule has 0 amide bonds. The highest BCUT2D eigenvalue weighted by Crippen LogP contribution is 2.21. The van der Waals surface area contributed by atoms with E-state index in [4.69, 9.17) is 9.63 Å². The molecule has 0 saturated heterocycles. The predicted molar refractivity (Wildman–Crippen MR) is 54.6 cm³/mol. The van der Waals surface area contributed by atoms with E-state index in [2.05, 4.69) is 9.88 Å². The SMILES string of the molecule is Cc1noc([C@@H](C)NS(C)(=O)=O)c1C(=O)O. The summed E-state index contributed by atoms with van der Waals surface area (Å²) in [5.41, 5.74) is 0.105. The molecule has 0 spiro atoms. The number of carboxylic acid groups (broad SMARTS) is 1. The molecule has 16 heavy (non-hydrogen) atoms. The third kappa shape index (κ3) is 2.80. The number of nitrogens with zero attached hydrogens (tertiary/aromatic N) is 1. The van der Waals surface area contributed by atoms with E-state index in [0.29, 0.717) is 0 Å². The molecule has 1 aromatic rings. The molecule has 0 bridgehead atoms. The molecule has 1 aromatic heterocycles. The predicted octanol–water partition coefficient (Wildman–Crippen LogP) is 0.291. The summed E-state index contributed by atoms with van der Waals surface area (Å²) in [6.07, 6.45) is 0.979. The molecule has 2 N–H and O–H groups in total. The molecule has 0 radical (unpaired) electrons. The van der Waals surface area contributed by atoms with Crippen molar-refractivity contribution >= 4 is 16.0 Å². The number of hydrogen-bond donors (Lipinski definition) is 2. The second-order valence-corrected chi connectivity index (χ2v) is 5.20. The fourth-order valence-electron chi connectivity index (χ4n) is 1.32. The number of aromatic nitrogens is 1. The average molecular weight is 248 g/mol. The van der Waals surface area contributed by atoms with Gasteiger partial charge in [-0.3, -0.25) is 0 Å². The number of nitrogens with one attached hydrogen (secondary N) is 1. The quantitative estimate of drug-likeness (QED) is 0.792. The lowest BCUT2D eigenvalue weighted by Gasteiger charge is -2.09. The van der Waals surface area contributed by atoms with E-state index < -0.39 is 22.0 Å². The summed E-state index contributed by atoms with van der Waals surface area (Å²) in [6.45, 7) is 2.96. The van der Waals surface area contributed by atoms with Gasteiger partial charge in [0.05, 0.1) is 18.0 Å². The third-order valence-electron chi connectivity index (χ3n) is 1.89. The first kappa shape index (κ1) is 12.7.